The predicted octanol–water partition coefficient (Wildman–Crippen LogP) is 1.65. The van der Waals surface area contributed by atoms with Gasteiger partial charge in [-0.3, -0.25) is 0 Å². The minimum Gasteiger partial charge on any atom is -0.394 e. The third-order valence-corrected chi connectivity index (χ3v) is 4.95. The van der Waals surface area contributed by atoms with E-state index in [-0.39, 0.29) is 12.7 Å². The van der Waals surface area contributed by atoms with Gasteiger partial charge in [0.1, 0.15) is 0 Å². The molecule has 2 rings (SSSR count). The molecule has 1 aliphatic carbocycles. The van der Waals surface area contributed by atoms with Gasteiger partial charge in [0.05, 0.1) is 25.4 Å². The van der Waals surface area contributed by atoms with Crippen LogP contribution in [0.2, 0.25) is 0 Å². The number of nitrogens with zero attached hydrogens (tertiary/aromatic N) is 1. The van der Waals surface area contributed by atoms with Gasteiger partial charge in [-0.15, -0.1) is 0 Å². The highest BCUT2D eigenvalue weighted by atomic mass is 16.5. The summed E-state index contributed by atoms with van der Waals surface area (Å²) in [4.78, 5) is 2.48. The number of hydrogen-bond acceptors (Lipinski definition) is 4. The van der Waals surface area contributed by atoms with Crippen LogP contribution in [-0.2, 0) is 4.74 Å². The molecule has 0 aromatic heterocycles. The van der Waals surface area contributed by atoms with Crippen LogP contribution >= 0.6 is 0 Å². The van der Waals surface area contributed by atoms with Crippen LogP contribution in [0, 0.1) is 11.3 Å². The molecule has 20 heavy (non-hydrogen) atoms. The van der Waals surface area contributed by atoms with Crippen molar-refractivity contribution in [2.45, 2.75) is 58.2 Å². The minimum absolute atomic E-state index is 0.115. The molecule has 0 bridgehead atoms. The van der Waals surface area contributed by atoms with Gasteiger partial charge in [0, 0.05) is 19.6 Å². The Kier molecular flexibility index (Phi) is 5.84. The molecule has 118 valence electrons. The fourth-order valence-corrected chi connectivity index (χ4v) is 3.72. The van der Waals surface area contributed by atoms with E-state index in [0.29, 0.717) is 24.0 Å². The molecule has 0 amide bonds. The molecule has 0 spiro atoms. The maximum atomic E-state index is 10.2. The molecule has 2 fully saturated rings. The van der Waals surface area contributed by atoms with E-state index < -0.39 is 0 Å². The van der Waals surface area contributed by atoms with E-state index in [4.69, 9.17) is 9.84 Å². The average Bonchev–Trinajstić information content (AvgIpc) is 2.42. The Bertz CT molecular complexity index is 287. The summed E-state index contributed by atoms with van der Waals surface area (Å²) in [6.07, 6.45) is 5.51. The second-order valence-corrected chi connectivity index (χ2v) is 7.33. The van der Waals surface area contributed by atoms with Crippen molar-refractivity contribution in [1.29, 1.82) is 0 Å². The van der Waals surface area contributed by atoms with Crippen LogP contribution < -0.4 is 0 Å². The first-order valence-electron chi connectivity index (χ1n) is 8.13. The number of piperidine rings is 1. The molecule has 2 aliphatic rings. The van der Waals surface area contributed by atoms with E-state index in [1.165, 1.54) is 0 Å². The van der Waals surface area contributed by atoms with Gasteiger partial charge < -0.3 is 19.8 Å². The van der Waals surface area contributed by atoms with Gasteiger partial charge in [-0.2, -0.15) is 0 Å². The van der Waals surface area contributed by atoms with Gasteiger partial charge in [0.2, 0.25) is 0 Å². The Hall–Kier alpha value is -0.160. The molecule has 0 radical (unpaired) electrons. The first kappa shape index (κ1) is 16.2. The van der Waals surface area contributed by atoms with E-state index in [1.54, 1.807) is 0 Å². The topological polar surface area (TPSA) is 52.9 Å². The second-order valence-electron chi connectivity index (χ2n) is 7.33. The van der Waals surface area contributed by atoms with Gasteiger partial charge in [-0.25, -0.2) is 0 Å². The zero-order chi connectivity index (χ0) is 14.6. The monoisotopic (exact) mass is 285 g/mol. The van der Waals surface area contributed by atoms with Gasteiger partial charge in [-0.05, 0) is 43.4 Å². The standard InChI is InChI=1S/C16H31NO3/c1-16(2)6-3-15(19)13(11-16)12-17-7-4-14(5-8-17)20-10-9-18/h13-15,18-19H,3-12H2,1-2H3. The van der Waals surface area contributed by atoms with Crippen LogP contribution in [0.1, 0.15) is 46.0 Å². The van der Waals surface area contributed by atoms with E-state index >= 15 is 0 Å². The smallest absolute Gasteiger partial charge is 0.0701 e. The Morgan fingerprint density at radius 1 is 1.20 bits per heavy atom. The number of aliphatic hydroxyl groups is 2. The summed E-state index contributed by atoms with van der Waals surface area (Å²) in [7, 11) is 0. The Balaban J connectivity index is 1.74. The third kappa shape index (κ3) is 4.69. The zero-order valence-electron chi connectivity index (χ0n) is 13.1. The van der Waals surface area contributed by atoms with E-state index in [1.807, 2.05) is 0 Å². The number of aliphatic hydroxyl groups excluding tert-OH is 2. The summed E-state index contributed by atoms with van der Waals surface area (Å²) < 4.78 is 5.60. The summed E-state index contributed by atoms with van der Waals surface area (Å²) in [6.45, 7) is 8.35. The fourth-order valence-electron chi connectivity index (χ4n) is 3.72. The molecule has 4 nitrogen and oxygen atoms in total. The number of rotatable bonds is 5. The Morgan fingerprint density at radius 3 is 2.55 bits per heavy atom. The molecule has 1 aliphatic heterocycles. The molecular formula is C16H31NO3. The van der Waals surface area contributed by atoms with Gasteiger partial charge in [0.15, 0.2) is 0 Å². The summed E-state index contributed by atoms with van der Waals surface area (Å²) in [5, 5.41) is 19.0. The largest absolute Gasteiger partial charge is 0.394 e. The van der Waals surface area contributed by atoms with Crippen molar-refractivity contribution in [2.24, 2.45) is 11.3 Å². The van der Waals surface area contributed by atoms with Gasteiger partial charge in [-0.1, -0.05) is 13.8 Å². The maximum Gasteiger partial charge on any atom is 0.0701 e. The van der Waals surface area contributed by atoms with Crippen molar-refractivity contribution in [3.05, 3.63) is 0 Å². The minimum atomic E-state index is -0.119. The van der Waals surface area contributed by atoms with Crippen LogP contribution in [0.15, 0.2) is 0 Å². The zero-order valence-corrected chi connectivity index (χ0v) is 13.1. The molecule has 0 aromatic rings. The van der Waals surface area contributed by atoms with Crippen molar-refractivity contribution < 1.29 is 14.9 Å². The molecule has 2 unspecified atom stereocenters. The molecule has 4 heteroatoms. The molecule has 1 saturated heterocycles. The summed E-state index contributed by atoms with van der Waals surface area (Å²) in [5.74, 6) is 0.425. The lowest BCUT2D eigenvalue weighted by atomic mass is 9.70. The summed E-state index contributed by atoms with van der Waals surface area (Å²) >= 11 is 0. The Morgan fingerprint density at radius 2 is 1.90 bits per heavy atom. The number of likely N-dealkylation sites (tertiary alicyclic amines) is 1. The number of hydrogen-bond donors (Lipinski definition) is 2. The second kappa shape index (κ2) is 7.21. The van der Waals surface area contributed by atoms with Crippen LogP contribution in [0.25, 0.3) is 0 Å². The van der Waals surface area contributed by atoms with Crippen molar-refractivity contribution in [1.82, 2.24) is 4.90 Å². The first-order chi connectivity index (χ1) is 9.50. The lowest BCUT2D eigenvalue weighted by Gasteiger charge is -2.42. The summed E-state index contributed by atoms with van der Waals surface area (Å²) in [5.41, 5.74) is 0.381. The molecule has 1 heterocycles. The molecule has 0 aromatic carbocycles. The Labute approximate surface area is 123 Å². The van der Waals surface area contributed by atoms with E-state index in [0.717, 1.165) is 51.7 Å². The molecule has 2 N–H and O–H groups in total. The SMILES string of the molecule is CC1(C)CCC(O)C(CN2CCC(OCCO)CC2)C1. The number of ether oxygens (including phenoxy) is 1. The first-order valence-corrected chi connectivity index (χ1v) is 8.13. The lowest BCUT2D eigenvalue weighted by molar-refractivity contribution is -0.0282. The van der Waals surface area contributed by atoms with Gasteiger partial charge >= 0.3 is 0 Å². The fraction of sp³-hybridized carbons (Fsp3) is 1.00. The quantitative estimate of drug-likeness (QED) is 0.806. The summed E-state index contributed by atoms with van der Waals surface area (Å²) in [6, 6.07) is 0. The van der Waals surface area contributed by atoms with E-state index in [9.17, 15) is 5.11 Å². The van der Waals surface area contributed by atoms with Crippen LogP contribution in [0.5, 0.6) is 0 Å². The van der Waals surface area contributed by atoms with Crippen molar-refractivity contribution >= 4 is 0 Å². The molecule has 1 saturated carbocycles. The lowest BCUT2D eigenvalue weighted by Crippen LogP contribution is -2.45. The van der Waals surface area contributed by atoms with Crippen molar-refractivity contribution in [2.75, 3.05) is 32.8 Å². The highest BCUT2D eigenvalue weighted by Crippen LogP contribution is 2.39. The molecule has 2 atom stereocenters. The van der Waals surface area contributed by atoms with Crippen molar-refractivity contribution in [3.8, 4) is 0 Å². The predicted molar refractivity (Wildman–Crippen MR) is 79.6 cm³/mol. The normalized spacial score (nSPS) is 32.4. The van der Waals surface area contributed by atoms with Crippen LogP contribution in [0.3, 0.4) is 0 Å². The van der Waals surface area contributed by atoms with Crippen LogP contribution in [-0.4, -0.2) is 60.2 Å². The van der Waals surface area contributed by atoms with E-state index in [2.05, 4.69) is 18.7 Å². The van der Waals surface area contributed by atoms with Crippen molar-refractivity contribution in [3.63, 3.8) is 0 Å². The maximum absolute atomic E-state index is 10.2. The van der Waals surface area contributed by atoms with Gasteiger partial charge in [0.25, 0.3) is 0 Å². The average molecular weight is 285 g/mol. The molecular weight excluding hydrogens is 254 g/mol. The van der Waals surface area contributed by atoms with Crippen LogP contribution in [0.4, 0.5) is 0 Å². The highest BCUT2D eigenvalue weighted by Gasteiger charge is 2.35. The third-order valence-electron chi connectivity index (χ3n) is 4.95. The highest BCUT2D eigenvalue weighted by molar-refractivity contribution is 4.87.